The first-order valence-corrected chi connectivity index (χ1v) is 19.8. The van der Waals surface area contributed by atoms with E-state index in [9.17, 15) is 0 Å². The van der Waals surface area contributed by atoms with Crippen molar-refractivity contribution in [2.45, 2.75) is 0 Å². The highest BCUT2D eigenvalue weighted by Gasteiger charge is 2.23. The van der Waals surface area contributed by atoms with Crippen molar-refractivity contribution in [3.63, 3.8) is 0 Å². The lowest BCUT2D eigenvalue weighted by molar-refractivity contribution is 0.669. The Morgan fingerprint density at radius 3 is 1.93 bits per heavy atom. The smallest absolute Gasteiger partial charge is 0.164 e. The van der Waals surface area contributed by atoms with Gasteiger partial charge in [0.05, 0.1) is 16.7 Å². The molecule has 274 valence electrons. The van der Waals surface area contributed by atoms with E-state index in [1.165, 1.54) is 0 Å². The second-order valence-corrected chi connectivity index (χ2v) is 15.1. The molecule has 0 saturated heterocycles. The zero-order valence-corrected chi connectivity index (χ0v) is 31.4. The van der Waals surface area contributed by atoms with Gasteiger partial charge in [-0.25, -0.2) is 15.0 Å². The van der Waals surface area contributed by atoms with E-state index in [0.717, 1.165) is 110 Å². The van der Waals surface area contributed by atoms with Crippen LogP contribution in [0.4, 0.5) is 0 Å². The summed E-state index contributed by atoms with van der Waals surface area (Å²) in [4.78, 5) is 15.5. The fraction of sp³-hybridized carbons (Fsp3) is 0. The fourth-order valence-corrected chi connectivity index (χ4v) is 9.12. The highest BCUT2D eigenvalue weighted by molar-refractivity contribution is 6.23. The quantitative estimate of drug-likeness (QED) is 0.179. The van der Waals surface area contributed by atoms with E-state index in [2.05, 4.69) is 132 Å². The molecule has 0 N–H and O–H groups in total. The number of benzene rings is 9. The minimum atomic E-state index is 0.580. The van der Waals surface area contributed by atoms with E-state index < -0.39 is 0 Å². The van der Waals surface area contributed by atoms with Crippen LogP contribution < -0.4 is 0 Å². The summed E-state index contributed by atoms with van der Waals surface area (Å²) in [7, 11) is 0. The summed E-state index contributed by atoms with van der Waals surface area (Å²) in [6.07, 6.45) is 0. The van der Waals surface area contributed by atoms with Crippen LogP contribution >= 0.6 is 0 Å². The number of hydrogen-bond donors (Lipinski definition) is 0. The van der Waals surface area contributed by atoms with Crippen LogP contribution in [0, 0.1) is 0 Å². The Labute approximate surface area is 336 Å². The van der Waals surface area contributed by atoms with Crippen LogP contribution in [0.3, 0.4) is 0 Å². The van der Waals surface area contributed by atoms with E-state index in [0.29, 0.717) is 17.5 Å². The molecular formula is C53H30N4O2. The molecule has 0 bridgehead atoms. The Morgan fingerprint density at radius 1 is 0.356 bits per heavy atom. The highest BCUT2D eigenvalue weighted by atomic mass is 16.3. The maximum absolute atomic E-state index is 6.86. The SMILES string of the molecule is c1ccc(-c2nc(-c3ccc4ccccc4c3)nc(-c3cccc4oc5c6ccccc6c(-n6c7ccccc7c7cc8oc9ccccc9c8cc76)cc5c34)n2)cc1. The fourth-order valence-electron chi connectivity index (χ4n) is 9.12. The third-order valence-corrected chi connectivity index (χ3v) is 11.8. The highest BCUT2D eigenvalue weighted by Crippen LogP contribution is 2.44. The van der Waals surface area contributed by atoms with Crippen LogP contribution in [0.25, 0.3) is 127 Å². The molecule has 6 heteroatoms. The topological polar surface area (TPSA) is 69.9 Å². The van der Waals surface area contributed by atoms with Gasteiger partial charge in [-0.2, -0.15) is 0 Å². The van der Waals surface area contributed by atoms with Gasteiger partial charge < -0.3 is 13.4 Å². The van der Waals surface area contributed by atoms with Gasteiger partial charge in [-0.15, -0.1) is 0 Å². The lowest BCUT2D eigenvalue weighted by Crippen LogP contribution is -2.00. The Morgan fingerprint density at radius 2 is 1.05 bits per heavy atom. The van der Waals surface area contributed by atoms with Crippen molar-refractivity contribution in [1.29, 1.82) is 0 Å². The van der Waals surface area contributed by atoms with Crippen LogP contribution in [0.1, 0.15) is 0 Å². The second kappa shape index (κ2) is 12.2. The predicted molar refractivity (Wildman–Crippen MR) is 240 cm³/mol. The number of hydrogen-bond acceptors (Lipinski definition) is 5. The van der Waals surface area contributed by atoms with Crippen molar-refractivity contribution < 1.29 is 8.83 Å². The molecule has 4 aromatic heterocycles. The molecule has 0 unspecified atom stereocenters. The van der Waals surface area contributed by atoms with E-state index in [4.69, 9.17) is 23.8 Å². The first-order chi connectivity index (χ1) is 29.2. The third kappa shape index (κ3) is 4.77. The van der Waals surface area contributed by atoms with E-state index in [-0.39, 0.29) is 0 Å². The molecule has 9 aromatic carbocycles. The molecule has 0 amide bonds. The summed E-state index contributed by atoms with van der Waals surface area (Å²) in [5.74, 6) is 1.80. The van der Waals surface area contributed by atoms with Crippen molar-refractivity contribution >= 4 is 87.2 Å². The molecule has 0 saturated carbocycles. The lowest BCUT2D eigenvalue weighted by Gasteiger charge is -2.13. The van der Waals surface area contributed by atoms with Gasteiger partial charge >= 0.3 is 0 Å². The van der Waals surface area contributed by atoms with Crippen LogP contribution in [0.5, 0.6) is 0 Å². The van der Waals surface area contributed by atoms with E-state index >= 15 is 0 Å². The average molecular weight is 755 g/mol. The summed E-state index contributed by atoms with van der Waals surface area (Å²) in [6.45, 7) is 0. The lowest BCUT2D eigenvalue weighted by atomic mass is 10.0. The number of furan rings is 2. The summed E-state index contributed by atoms with van der Waals surface area (Å²) in [5, 5.41) is 10.8. The standard InChI is InChI=1S/C53H30N4O2/c1-2-14-32(15-3-1)51-54-52(34-26-25-31-13-4-5-16-33(31)27-34)56-53(55-51)39-21-12-24-47-49(39)42-29-44(35-17-6-7-20-38(35)50(42)59-47)57-43-22-10-8-18-36(43)40-30-48-41(28-45(40)57)37-19-9-11-23-46(37)58-48/h1-30H. The van der Waals surface area contributed by atoms with Gasteiger partial charge in [-0.3, -0.25) is 0 Å². The second-order valence-electron chi connectivity index (χ2n) is 15.1. The summed E-state index contributed by atoms with van der Waals surface area (Å²) in [5.41, 5.74) is 9.34. The summed E-state index contributed by atoms with van der Waals surface area (Å²) >= 11 is 0. The predicted octanol–water partition coefficient (Wildman–Crippen LogP) is 14.1. The normalized spacial score (nSPS) is 12.1. The maximum Gasteiger partial charge on any atom is 0.164 e. The number of para-hydroxylation sites is 2. The first kappa shape index (κ1) is 32.0. The van der Waals surface area contributed by atoms with Gasteiger partial charge in [0.25, 0.3) is 0 Å². The largest absolute Gasteiger partial charge is 0.456 e. The summed E-state index contributed by atoms with van der Waals surface area (Å²) < 4.78 is 15.7. The molecule has 0 fully saturated rings. The molecule has 0 radical (unpaired) electrons. The molecular weight excluding hydrogens is 725 g/mol. The molecule has 4 heterocycles. The number of aromatic nitrogens is 4. The molecule has 0 aliphatic carbocycles. The van der Waals surface area contributed by atoms with E-state index in [1.54, 1.807) is 0 Å². The van der Waals surface area contributed by atoms with Crippen molar-refractivity contribution in [3.8, 4) is 39.9 Å². The molecule has 0 atom stereocenters. The van der Waals surface area contributed by atoms with E-state index in [1.807, 2.05) is 54.6 Å². The van der Waals surface area contributed by atoms with Gasteiger partial charge in [0.2, 0.25) is 0 Å². The van der Waals surface area contributed by atoms with Crippen LogP contribution in [0.2, 0.25) is 0 Å². The van der Waals surface area contributed by atoms with Gasteiger partial charge in [0, 0.05) is 59.8 Å². The number of rotatable bonds is 4. The van der Waals surface area contributed by atoms with Crippen molar-refractivity contribution in [1.82, 2.24) is 19.5 Å². The molecule has 13 rings (SSSR count). The molecule has 0 aliphatic rings. The number of fused-ring (bicyclic) bond motifs is 12. The minimum Gasteiger partial charge on any atom is -0.456 e. The van der Waals surface area contributed by atoms with Crippen LogP contribution in [0.15, 0.2) is 191 Å². The van der Waals surface area contributed by atoms with Crippen LogP contribution in [-0.4, -0.2) is 19.5 Å². The minimum absolute atomic E-state index is 0.580. The van der Waals surface area contributed by atoms with Crippen molar-refractivity contribution in [2.24, 2.45) is 0 Å². The molecule has 0 spiro atoms. The molecule has 13 aromatic rings. The van der Waals surface area contributed by atoms with Crippen molar-refractivity contribution in [3.05, 3.63) is 182 Å². The Hall–Kier alpha value is -8.09. The zero-order valence-electron chi connectivity index (χ0n) is 31.4. The Kier molecular flexibility index (Phi) is 6.63. The van der Waals surface area contributed by atoms with Gasteiger partial charge in [0.1, 0.15) is 22.3 Å². The number of nitrogens with zero attached hydrogens (tertiary/aromatic N) is 4. The van der Waals surface area contributed by atoms with Gasteiger partial charge in [0.15, 0.2) is 17.5 Å². The zero-order chi connectivity index (χ0) is 38.6. The summed E-state index contributed by atoms with van der Waals surface area (Å²) in [6, 6.07) is 63.2. The third-order valence-electron chi connectivity index (χ3n) is 11.8. The Bertz CT molecular complexity index is 3860. The van der Waals surface area contributed by atoms with Gasteiger partial charge in [-0.1, -0.05) is 140 Å². The Balaban J connectivity index is 1.11. The molecule has 0 aliphatic heterocycles. The molecule has 59 heavy (non-hydrogen) atoms. The first-order valence-electron chi connectivity index (χ1n) is 19.8. The molecule has 6 nitrogen and oxygen atoms in total. The monoisotopic (exact) mass is 754 g/mol. The van der Waals surface area contributed by atoms with Gasteiger partial charge in [-0.05, 0) is 53.2 Å². The van der Waals surface area contributed by atoms with Crippen molar-refractivity contribution in [2.75, 3.05) is 0 Å². The average Bonchev–Trinajstić information content (AvgIpc) is 3.97. The maximum atomic E-state index is 6.86. The van der Waals surface area contributed by atoms with Crippen LogP contribution in [-0.2, 0) is 0 Å².